The minimum Gasteiger partial charge on any atom is -0.366 e. The molecule has 1 aromatic heterocycles. The average Bonchev–Trinajstić information content (AvgIpc) is 3.05. The predicted molar refractivity (Wildman–Crippen MR) is 101 cm³/mol. The molecule has 0 unspecified atom stereocenters. The second-order valence-electron chi connectivity index (χ2n) is 6.19. The highest BCUT2D eigenvalue weighted by Gasteiger charge is 2.33. The lowest BCUT2D eigenvalue weighted by Gasteiger charge is -2.27. The van der Waals surface area contributed by atoms with E-state index in [4.69, 9.17) is 17.3 Å². The molecule has 1 aliphatic heterocycles. The van der Waals surface area contributed by atoms with E-state index in [9.17, 15) is 9.18 Å². The molecule has 1 atom stereocenters. The standard InChI is InChI=1S/C19H15ClFN5O/c1-10-15(17(22)27)16(11-4-8-14(21)9-5-11)26-19(23-10)24-18(25-26)12-2-6-13(20)7-3-12/h2-9,16H,1H3,(H2,22,27)(H,23,24,25)/t16-/m1/s1. The van der Waals surface area contributed by atoms with Gasteiger partial charge in [0.05, 0.1) is 5.57 Å². The number of primary amides is 1. The first kappa shape index (κ1) is 17.2. The summed E-state index contributed by atoms with van der Waals surface area (Å²) >= 11 is 5.94. The number of nitrogens with zero attached hydrogens (tertiary/aromatic N) is 3. The van der Waals surface area contributed by atoms with Crippen molar-refractivity contribution < 1.29 is 9.18 Å². The number of nitrogens with two attached hydrogens (primary N) is 1. The van der Waals surface area contributed by atoms with Crippen molar-refractivity contribution in [1.82, 2.24) is 14.8 Å². The average molecular weight is 384 g/mol. The van der Waals surface area contributed by atoms with Gasteiger partial charge in [0.25, 0.3) is 0 Å². The summed E-state index contributed by atoms with van der Waals surface area (Å²) in [6, 6.07) is 12.4. The van der Waals surface area contributed by atoms with E-state index in [-0.39, 0.29) is 5.82 Å². The van der Waals surface area contributed by atoms with Gasteiger partial charge in [-0.05, 0) is 48.9 Å². The Kier molecular flexibility index (Phi) is 4.16. The molecular formula is C19H15ClFN5O. The van der Waals surface area contributed by atoms with Crippen molar-refractivity contribution in [3.8, 4) is 11.4 Å². The van der Waals surface area contributed by atoms with Crippen molar-refractivity contribution in [3.05, 3.63) is 76.2 Å². The highest BCUT2D eigenvalue weighted by atomic mass is 35.5. The van der Waals surface area contributed by atoms with Gasteiger partial charge in [0.1, 0.15) is 11.9 Å². The summed E-state index contributed by atoms with van der Waals surface area (Å²) in [4.78, 5) is 16.6. The fourth-order valence-electron chi connectivity index (χ4n) is 3.14. The van der Waals surface area contributed by atoms with Crippen molar-refractivity contribution in [3.63, 3.8) is 0 Å². The van der Waals surface area contributed by atoms with Crippen LogP contribution in [0.5, 0.6) is 0 Å². The van der Waals surface area contributed by atoms with Crippen LogP contribution in [0.3, 0.4) is 0 Å². The lowest BCUT2D eigenvalue weighted by Crippen LogP contribution is -2.31. The highest BCUT2D eigenvalue weighted by Crippen LogP contribution is 2.36. The van der Waals surface area contributed by atoms with Gasteiger partial charge >= 0.3 is 0 Å². The van der Waals surface area contributed by atoms with E-state index in [0.717, 1.165) is 5.56 Å². The van der Waals surface area contributed by atoms with E-state index in [2.05, 4.69) is 15.4 Å². The predicted octanol–water partition coefficient (Wildman–Crippen LogP) is 3.51. The summed E-state index contributed by atoms with van der Waals surface area (Å²) in [6.45, 7) is 1.75. The third-order valence-corrected chi connectivity index (χ3v) is 4.66. The van der Waals surface area contributed by atoms with Crippen LogP contribution in [-0.4, -0.2) is 20.7 Å². The molecule has 1 aliphatic rings. The van der Waals surface area contributed by atoms with Crippen LogP contribution >= 0.6 is 11.6 Å². The molecule has 6 nitrogen and oxygen atoms in total. The fourth-order valence-corrected chi connectivity index (χ4v) is 3.27. The number of fused-ring (bicyclic) bond motifs is 1. The zero-order valence-corrected chi connectivity index (χ0v) is 15.0. The lowest BCUT2D eigenvalue weighted by atomic mass is 9.95. The first-order valence-corrected chi connectivity index (χ1v) is 8.57. The number of carbonyl (C=O) groups is 1. The Balaban J connectivity index is 1.87. The number of rotatable bonds is 3. The molecule has 3 aromatic rings. The van der Waals surface area contributed by atoms with Gasteiger partial charge in [-0.15, -0.1) is 5.10 Å². The van der Waals surface area contributed by atoms with Crippen LogP contribution < -0.4 is 11.1 Å². The van der Waals surface area contributed by atoms with E-state index in [1.807, 2.05) is 12.1 Å². The van der Waals surface area contributed by atoms with E-state index in [0.29, 0.717) is 33.6 Å². The van der Waals surface area contributed by atoms with Crippen molar-refractivity contribution in [2.24, 2.45) is 5.73 Å². The summed E-state index contributed by atoms with van der Waals surface area (Å²) in [6.07, 6.45) is 0. The molecule has 3 N–H and O–H groups in total. The fraction of sp³-hybridized carbons (Fsp3) is 0.105. The summed E-state index contributed by atoms with van der Waals surface area (Å²) < 4.78 is 15.0. The van der Waals surface area contributed by atoms with Crippen molar-refractivity contribution in [2.45, 2.75) is 13.0 Å². The van der Waals surface area contributed by atoms with Gasteiger partial charge in [-0.1, -0.05) is 23.7 Å². The number of benzene rings is 2. The number of allylic oxidation sites excluding steroid dienone is 1. The van der Waals surface area contributed by atoms with E-state index < -0.39 is 11.9 Å². The zero-order valence-electron chi connectivity index (χ0n) is 14.3. The van der Waals surface area contributed by atoms with Crippen LogP contribution in [0.1, 0.15) is 18.5 Å². The number of anilines is 1. The minimum atomic E-state index is -0.604. The van der Waals surface area contributed by atoms with Crippen molar-refractivity contribution >= 4 is 23.5 Å². The molecular weight excluding hydrogens is 369 g/mol. The minimum absolute atomic E-state index is 0.349. The molecule has 0 radical (unpaired) electrons. The maximum Gasteiger partial charge on any atom is 0.248 e. The molecule has 0 fully saturated rings. The molecule has 0 aliphatic carbocycles. The summed E-state index contributed by atoms with van der Waals surface area (Å²) in [5, 5.41) is 8.24. The summed E-state index contributed by atoms with van der Waals surface area (Å²) in [7, 11) is 0. The SMILES string of the molecule is CC1=C(C(N)=O)[C@@H](c2ccc(F)cc2)n2nc(-c3ccc(Cl)cc3)nc2N1. The van der Waals surface area contributed by atoms with Gasteiger partial charge in [0, 0.05) is 16.3 Å². The molecule has 0 bridgehead atoms. The largest absolute Gasteiger partial charge is 0.366 e. The Labute approximate surface area is 159 Å². The monoisotopic (exact) mass is 383 g/mol. The highest BCUT2D eigenvalue weighted by molar-refractivity contribution is 6.30. The third-order valence-electron chi connectivity index (χ3n) is 4.41. The second kappa shape index (κ2) is 6.51. The molecule has 2 heterocycles. The van der Waals surface area contributed by atoms with E-state index in [1.54, 1.807) is 35.9 Å². The number of carbonyl (C=O) groups excluding carboxylic acids is 1. The molecule has 0 spiro atoms. The lowest BCUT2D eigenvalue weighted by molar-refractivity contribution is -0.115. The number of hydrogen-bond donors (Lipinski definition) is 2. The van der Waals surface area contributed by atoms with Gasteiger partial charge in [-0.25, -0.2) is 9.07 Å². The van der Waals surface area contributed by atoms with Crippen molar-refractivity contribution in [1.29, 1.82) is 0 Å². The normalized spacial score (nSPS) is 16.0. The Morgan fingerprint density at radius 3 is 2.48 bits per heavy atom. The number of aromatic nitrogens is 3. The maximum absolute atomic E-state index is 13.4. The zero-order chi connectivity index (χ0) is 19.1. The Bertz CT molecular complexity index is 1060. The third kappa shape index (κ3) is 3.06. The number of hydrogen-bond acceptors (Lipinski definition) is 4. The van der Waals surface area contributed by atoms with Gasteiger partial charge in [0.2, 0.25) is 11.9 Å². The summed E-state index contributed by atoms with van der Waals surface area (Å²) in [5.74, 6) is -0.00484. The second-order valence-corrected chi connectivity index (χ2v) is 6.63. The molecule has 4 rings (SSSR count). The number of nitrogens with one attached hydrogen (secondary N) is 1. The topological polar surface area (TPSA) is 85.8 Å². The Morgan fingerprint density at radius 2 is 1.85 bits per heavy atom. The number of halogens is 2. The van der Waals surface area contributed by atoms with E-state index >= 15 is 0 Å². The molecule has 8 heteroatoms. The van der Waals surface area contributed by atoms with E-state index in [1.165, 1.54) is 12.1 Å². The first-order chi connectivity index (χ1) is 12.9. The molecule has 0 saturated carbocycles. The van der Waals surface area contributed by atoms with Gasteiger partial charge in [-0.3, -0.25) is 4.79 Å². The Hall–Kier alpha value is -3.19. The van der Waals surface area contributed by atoms with Gasteiger partial charge in [0.15, 0.2) is 5.82 Å². The molecule has 27 heavy (non-hydrogen) atoms. The molecule has 136 valence electrons. The summed E-state index contributed by atoms with van der Waals surface area (Å²) in [5.41, 5.74) is 8.01. The van der Waals surface area contributed by atoms with Crippen LogP contribution in [0.4, 0.5) is 10.3 Å². The maximum atomic E-state index is 13.4. The van der Waals surface area contributed by atoms with Crippen LogP contribution in [0, 0.1) is 5.82 Å². The van der Waals surface area contributed by atoms with Crippen LogP contribution in [0.25, 0.3) is 11.4 Å². The van der Waals surface area contributed by atoms with Gasteiger partial charge < -0.3 is 11.1 Å². The first-order valence-electron chi connectivity index (χ1n) is 8.19. The van der Waals surface area contributed by atoms with Gasteiger partial charge in [-0.2, -0.15) is 4.98 Å². The van der Waals surface area contributed by atoms with Crippen LogP contribution in [0.2, 0.25) is 5.02 Å². The van der Waals surface area contributed by atoms with Crippen molar-refractivity contribution in [2.75, 3.05) is 5.32 Å². The molecule has 0 saturated heterocycles. The van der Waals surface area contributed by atoms with Crippen LogP contribution in [-0.2, 0) is 4.79 Å². The molecule has 1 amide bonds. The number of amides is 1. The quantitative estimate of drug-likeness (QED) is 0.724. The molecule has 2 aromatic carbocycles. The smallest absolute Gasteiger partial charge is 0.248 e. The Morgan fingerprint density at radius 1 is 1.19 bits per heavy atom. The van der Waals surface area contributed by atoms with Crippen LogP contribution in [0.15, 0.2) is 59.8 Å².